The molecular weight excluding hydrogens is 476 g/mol. The third-order valence-electron chi connectivity index (χ3n) is 5.84. The number of benzene rings is 2. The van der Waals surface area contributed by atoms with Crippen molar-refractivity contribution in [1.82, 2.24) is 15.5 Å². The minimum Gasteiger partial charge on any atom is -0.484 e. The second kappa shape index (κ2) is 14.6. The van der Waals surface area contributed by atoms with Crippen molar-refractivity contribution in [1.29, 1.82) is 5.41 Å². The molecule has 1 aliphatic rings. The second-order valence-electron chi connectivity index (χ2n) is 8.61. The molecule has 10 nitrogen and oxygen atoms in total. The Hall–Kier alpha value is -3.92. The molecule has 3 rings (SSSR count). The Morgan fingerprint density at radius 2 is 1.70 bits per heavy atom. The first kappa shape index (κ1) is 27.7. The summed E-state index contributed by atoms with van der Waals surface area (Å²) < 4.78 is 15.6. The number of amides is 2. The number of nitrogens with one attached hydrogen (secondary N) is 3. The maximum Gasteiger partial charge on any atom is 0.413 e. The molecule has 2 amide bonds. The second-order valence-corrected chi connectivity index (χ2v) is 8.61. The van der Waals surface area contributed by atoms with E-state index >= 15 is 0 Å². The van der Waals surface area contributed by atoms with E-state index in [2.05, 4.69) is 15.5 Å². The molecule has 3 N–H and O–H groups in total. The summed E-state index contributed by atoms with van der Waals surface area (Å²) in [5.41, 5.74) is 1.33. The fourth-order valence-corrected chi connectivity index (χ4v) is 3.85. The van der Waals surface area contributed by atoms with Crippen molar-refractivity contribution in [3.8, 4) is 5.75 Å². The lowest BCUT2D eigenvalue weighted by Crippen LogP contribution is -2.46. The molecule has 0 radical (unpaired) electrons. The Balaban J connectivity index is 1.32. The van der Waals surface area contributed by atoms with E-state index in [9.17, 15) is 14.4 Å². The lowest BCUT2D eigenvalue weighted by molar-refractivity contribution is -0.143. The maximum atomic E-state index is 12.3. The number of nitrogens with zero attached hydrogens (tertiary/aromatic N) is 1. The smallest absolute Gasteiger partial charge is 0.413 e. The molecular formula is C27H34N4O6. The predicted octanol–water partition coefficient (Wildman–Crippen LogP) is 2.85. The summed E-state index contributed by atoms with van der Waals surface area (Å²) in [6, 6.07) is 15.9. The van der Waals surface area contributed by atoms with Gasteiger partial charge in [-0.1, -0.05) is 30.3 Å². The van der Waals surface area contributed by atoms with Crippen LogP contribution in [0.15, 0.2) is 54.6 Å². The van der Waals surface area contributed by atoms with Crippen molar-refractivity contribution in [2.24, 2.45) is 0 Å². The average Bonchev–Trinajstić information content (AvgIpc) is 2.91. The van der Waals surface area contributed by atoms with Gasteiger partial charge in [0.05, 0.1) is 13.0 Å². The molecule has 0 aromatic heterocycles. The van der Waals surface area contributed by atoms with Crippen molar-refractivity contribution in [2.45, 2.75) is 38.8 Å². The van der Waals surface area contributed by atoms with Crippen molar-refractivity contribution in [3.63, 3.8) is 0 Å². The summed E-state index contributed by atoms with van der Waals surface area (Å²) in [7, 11) is 0. The van der Waals surface area contributed by atoms with Crippen LogP contribution in [0.5, 0.6) is 5.75 Å². The van der Waals surface area contributed by atoms with Gasteiger partial charge in [0.1, 0.15) is 18.2 Å². The monoisotopic (exact) mass is 510 g/mol. The Labute approximate surface area is 216 Å². The largest absolute Gasteiger partial charge is 0.484 e. The van der Waals surface area contributed by atoms with Crippen LogP contribution in [-0.4, -0.2) is 67.6 Å². The fourth-order valence-electron chi connectivity index (χ4n) is 3.85. The highest BCUT2D eigenvalue weighted by atomic mass is 16.5. The first-order valence-corrected chi connectivity index (χ1v) is 12.4. The number of likely N-dealkylation sites (tertiary alicyclic amines) is 1. The van der Waals surface area contributed by atoms with Crippen LogP contribution in [-0.2, 0) is 25.7 Å². The van der Waals surface area contributed by atoms with Crippen LogP contribution < -0.4 is 15.4 Å². The molecule has 1 saturated heterocycles. The molecule has 198 valence electrons. The van der Waals surface area contributed by atoms with E-state index < -0.39 is 6.09 Å². The number of amidine groups is 1. The van der Waals surface area contributed by atoms with E-state index in [1.807, 2.05) is 30.3 Å². The molecule has 2 aromatic rings. The minimum atomic E-state index is -0.712. The summed E-state index contributed by atoms with van der Waals surface area (Å²) >= 11 is 0. The molecule has 1 aliphatic heterocycles. The van der Waals surface area contributed by atoms with Crippen LogP contribution in [0.25, 0.3) is 0 Å². The standard InChI is InChI=1S/C27H34N4O6/c1-2-35-25(33)14-17-31-15-12-22(13-16-31)29-24(32)19-36-23-10-8-21(9-11-23)26(28)30-27(34)37-18-20-6-4-3-5-7-20/h3-11,22H,2,12-19H2,1H3,(H,29,32)(H2,28,30,34). The molecule has 10 heteroatoms. The van der Waals surface area contributed by atoms with Crippen molar-refractivity contribution in [3.05, 3.63) is 65.7 Å². The molecule has 2 aromatic carbocycles. The highest BCUT2D eigenvalue weighted by Gasteiger charge is 2.21. The summed E-state index contributed by atoms with van der Waals surface area (Å²) in [5, 5.41) is 13.5. The molecule has 0 bridgehead atoms. The molecule has 0 unspecified atom stereocenters. The first-order chi connectivity index (χ1) is 17.9. The van der Waals surface area contributed by atoms with E-state index in [0.717, 1.165) is 31.5 Å². The van der Waals surface area contributed by atoms with E-state index in [4.69, 9.17) is 19.6 Å². The van der Waals surface area contributed by atoms with Crippen LogP contribution in [0.1, 0.15) is 37.3 Å². The lowest BCUT2D eigenvalue weighted by atomic mass is 10.0. The number of piperidine rings is 1. The van der Waals surface area contributed by atoms with Crippen LogP contribution in [0.3, 0.4) is 0 Å². The summed E-state index contributed by atoms with van der Waals surface area (Å²) in [5.74, 6) is -0.00901. The van der Waals surface area contributed by atoms with Gasteiger partial charge >= 0.3 is 12.1 Å². The molecule has 0 saturated carbocycles. The van der Waals surface area contributed by atoms with Crippen LogP contribution in [0.2, 0.25) is 0 Å². The Morgan fingerprint density at radius 1 is 1.00 bits per heavy atom. The third-order valence-corrected chi connectivity index (χ3v) is 5.84. The normalized spacial score (nSPS) is 13.9. The zero-order valence-electron chi connectivity index (χ0n) is 21.0. The quantitative estimate of drug-likeness (QED) is 0.241. The van der Waals surface area contributed by atoms with Crippen molar-refractivity contribution < 1.29 is 28.6 Å². The van der Waals surface area contributed by atoms with Gasteiger partial charge in [0.15, 0.2) is 6.61 Å². The Morgan fingerprint density at radius 3 is 2.38 bits per heavy atom. The van der Waals surface area contributed by atoms with Gasteiger partial charge in [-0.05, 0) is 49.6 Å². The van der Waals surface area contributed by atoms with Crippen LogP contribution in [0.4, 0.5) is 4.79 Å². The van der Waals surface area contributed by atoms with Gasteiger partial charge in [0.2, 0.25) is 0 Å². The summed E-state index contributed by atoms with van der Waals surface area (Å²) in [4.78, 5) is 37.9. The van der Waals surface area contributed by atoms with Gasteiger partial charge in [-0.3, -0.25) is 20.3 Å². The van der Waals surface area contributed by atoms with Gasteiger partial charge in [-0.15, -0.1) is 0 Å². The number of hydrogen-bond donors (Lipinski definition) is 3. The van der Waals surface area contributed by atoms with Crippen LogP contribution >= 0.6 is 0 Å². The van der Waals surface area contributed by atoms with E-state index in [-0.39, 0.29) is 37.0 Å². The number of carbonyl (C=O) groups is 3. The maximum absolute atomic E-state index is 12.3. The van der Waals surface area contributed by atoms with E-state index in [1.54, 1.807) is 31.2 Å². The molecule has 1 fully saturated rings. The Kier molecular flexibility index (Phi) is 10.9. The zero-order chi connectivity index (χ0) is 26.5. The zero-order valence-corrected chi connectivity index (χ0v) is 21.0. The highest BCUT2D eigenvalue weighted by Crippen LogP contribution is 2.14. The molecule has 1 heterocycles. The highest BCUT2D eigenvalue weighted by molar-refractivity contribution is 6.04. The minimum absolute atomic E-state index is 0.0745. The SMILES string of the molecule is CCOC(=O)CCN1CCC(NC(=O)COc2ccc(C(=N)NC(=O)OCc3ccccc3)cc2)CC1. The van der Waals surface area contributed by atoms with Gasteiger partial charge in [-0.25, -0.2) is 4.79 Å². The average molecular weight is 511 g/mol. The topological polar surface area (TPSA) is 130 Å². The number of esters is 1. The Bertz CT molecular complexity index is 1040. The summed E-state index contributed by atoms with van der Waals surface area (Å²) in [6.07, 6.45) is 1.29. The van der Waals surface area contributed by atoms with Crippen molar-refractivity contribution in [2.75, 3.05) is 32.8 Å². The van der Waals surface area contributed by atoms with E-state index in [1.165, 1.54) is 0 Å². The van der Waals surface area contributed by atoms with Crippen LogP contribution in [0, 0.1) is 5.41 Å². The molecule has 37 heavy (non-hydrogen) atoms. The fraction of sp³-hybridized carbons (Fsp3) is 0.407. The number of alkyl carbamates (subject to hydrolysis) is 1. The van der Waals surface area contributed by atoms with Gasteiger partial charge in [0.25, 0.3) is 5.91 Å². The van der Waals surface area contributed by atoms with Crippen molar-refractivity contribution >= 4 is 23.8 Å². The third kappa shape index (κ3) is 9.92. The summed E-state index contributed by atoms with van der Waals surface area (Å²) in [6.45, 7) is 4.47. The molecule has 0 atom stereocenters. The number of hydrogen-bond acceptors (Lipinski definition) is 8. The first-order valence-electron chi connectivity index (χ1n) is 12.4. The molecule has 0 spiro atoms. The van der Waals surface area contributed by atoms with Gasteiger partial charge in [0, 0.05) is 31.2 Å². The van der Waals surface area contributed by atoms with Gasteiger partial charge < -0.3 is 24.4 Å². The number of rotatable bonds is 11. The lowest BCUT2D eigenvalue weighted by Gasteiger charge is -2.32. The van der Waals surface area contributed by atoms with E-state index in [0.29, 0.717) is 30.9 Å². The number of carbonyl (C=O) groups excluding carboxylic acids is 3. The number of ether oxygens (including phenoxy) is 3. The van der Waals surface area contributed by atoms with Gasteiger partial charge in [-0.2, -0.15) is 0 Å². The predicted molar refractivity (Wildman–Crippen MR) is 137 cm³/mol. The molecule has 0 aliphatic carbocycles.